The molecule has 15 heavy (non-hydrogen) atoms. The van der Waals surface area contributed by atoms with Crippen LogP contribution in [-0.2, 0) is 9.53 Å². The van der Waals surface area contributed by atoms with E-state index in [1.54, 1.807) is 0 Å². The van der Waals surface area contributed by atoms with Gasteiger partial charge in [-0.05, 0) is 18.8 Å². The molecule has 2 saturated heterocycles. The van der Waals surface area contributed by atoms with Crippen LogP contribution in [0.15, 0.2) is 0 Å². The van der Waals surface area contributed by atoms with Gasteiger partial charge in [0.05, 0.1) is 12.0 Å². The number of likely N-dealkylation sites (tertiary alicyclic amines) is 1. The van der Waals surface area contributed by atoms with Crippen molar-refractivity contribution in [3.05, 3.63) is 0 Å². The van der Waals surface area contributed by atoms with Crippen molar-refractivity contribution in [1.29, 1.82) is 0 Å². The predicted octanol–water partition coefficient (Wildman–Crippen LogP) is 0.818. The van der Waals surface area contributed by atoms with E-state index in [-0.39, 0.29) is 11.8 Å². The molecule has 2 rings (SSSR count). The molecule has 0 spiro atoms. The van der Waals surface area contributed by atoms with Crippen molar-refractivity contribution in [1.82, 2.24) is 4.90 Å². The summed E-state index contributed by atoms with van der Waals surface area (Å²) in [4.78, 5) is 13.2. The minimum absolute atomic E-state index is 0.189. The summed E-state index contributed by atoms with van der Waals surface area (Å²) in [5.74, 6) is -0.576. The Labute approximate surface area is 90.2 Å². The van der Waals surface area contributed by atoms with Crippen LogP contribution < -0.4 is 0 Å². The second-order valence-corrected chi connectivity index (χ2v) is 4.78. The fraction of sp³-hybridized carbons (Fsp3) is 0.909. The molecule has 2 aliphatic heterocycles. The van der Waals surface area contributed by atoms with E-state index < -0.39 is 5.97 Å². The Morgan fingerprint density at radius 3 is 2.87 bits per heavy atom. The number of ether oxygens (including phenoxy) is 1. The standard InChI is InChI=1S/C11H19NO3/c1-8-5-12(7-10(8)11(13)14)6-9-3-2-4-15-9/h8-10H,2-7H2,1H3,(H,13,14)/t8-,9?,10-/m1/s1. The molecule has 0 aromatic carbocycles. The lowest BCUT2D eigenvalue weighted by Gasteiger charge is -2.19. The summed E-state index contributed by atoms with van der Waals surface area (Å²) in [7, 11) is 0. The lowest BCUT2D eigenvalue weighted by molar-refractivity contribution is -0.142. The summed E-state index contributed by atoms with van der Waals surface area (Å²) < 4.78 is 5.56. The van der Waals surface area contributed by atoms with Crippen LogP contribution in [0.1, 0.15) is 19.8 Å². The van der Waals surface area contributed by atoms with Crippen LogP contribution in [-0.4, -0.2) is 48.3 Å². The van der Waals surface area contributed by atoms with Crippen molar-refractivity contribution in [2.45, 2.75) is 25.9 Å². The fourth-order valence-corrected chi connectivity index (χ4v) is 2.61. The summed E-state index contributed by atoms with van der Waals surface area (Å²) in [5.41, 5.74) is 0. The van der Waals surface area contributed by atoms with E-state index in [9.17, 15) is 4.79 Å². The number of hydrogen-bond donors (Lipinski definition) is 1. The van der Waals surface area contributed by atoms with Crippen LogP contribution in [0.4, 0.5) is 0 Å². The third-order valence-corrected chi connectivity index (χ3v) is 3.49. The van der Waals surface area contributed by atoms with Gasteiger partial charge in [0.2, 0.25) is 0 Å². The summed E-state index contributed by atoms with van der Waals surface area (Å²) in [6, 6.07) is 0. The Bertz CT molecular complexity index is 238. The molecule has 3 atom stereocenters. The number of hydrogen-bond acceptors (Lipinski definition) is 3. The Kier molecular flexibility index (Phi) is 3.26. The van der Waals surface area contributed by atoms with Gasteiger partial charge in [-0.25, -0.2) is 0 Å². The van der Waals surface area contributed by atoms with E-state index in [0.29, 0.717) is 12.6 Å². The first-order valence-electron chi connectivity index (χ1n) is 5.73. The minimum atomic E-state index is -0.655. The second kappa shape index (κ2) is 4.49. The van der Waals surface area contributed by atoms with E-state index in [1.807, 2.05) is 6.92 Å². The summed E-state index contributed by atoms with van der Waals surface area (Å²) in [5, 5.41) is 9.00. The van der Waals surface area contributed by atoms with Crippen LogP contribution >= 0.6 is 0 Å². The summed E-state index contributed by atoms with van der Waals surface area (Å²) in [6.07, 6.45) is 2.61. The maximum Gasteiger partial charge on any atom is 0.308 e. The van der Waals surface area contributed by atoms with E-state index in [0.717, 1.165) is 32.5 Å². The molecule has 2 heterocycles. The first-order chi connectivity index (χ1) is 7.16. The molecule has 0 aliphatic carbocycles. The molecule has 4 heteroatoms. The maximum absolute atomic E-state index is 10.9. The molecule has 0 aromatic rings. The van der Waals surface area contributed by atoms with Crippen molar-refractivity contribution >= 4 is 5.97 Å². The van der Waals surface area contributed by atoms with Gasteiger partial charge in [0, 0.05) is 26.2 Å². The molecule has 2 aliphatic rings. The highest BCUT2D eigenvalue weighted by Crippen LogP contribution is 2.24. The number of carboxylic acid groups (broad SMARTS) is 1. The largest absolute Gasteiger partial charge is 0.481 e. The zero-order valence-electron chi connectivity index (χ0n) is 9.19. The molecule has 4 nitrogen and oxygen atoms in total. The van der Waals surface area contributed by atoms with Gasteiger partial charge in [-0.3, -0.25) is 9.69 Å². The third kappa shape index (κ3) is 2.49. The molecule has 86 valence electrons. The number of rotatable bonds is 3. The molecule has 1 unspecified atom stereocenters. The lowest BCUT2D eigenvalue weighted by Crippen LogP contribution is -2.31. The smallest absolute Gasteiger partial charge is 0.308 e. The van der Waals surface area contributed by atoms with Crippen LogP contribution in [0.5, 0.6) is 0 Å². The van der Waals surface area contributed by atoms with E-state index in [4.69, 9.17) is 9.84 Å². The molecular formula is C11H19NO3. The lowest BCUT2D eigenvalue weighted by atomic mass is 9.99. The maximum atomic E-state index is 10.9. The fourth-order valence-electron chi connectivity index (χ4n) is 2.61. The third-order valence-electron chi connectivity index (χ3n) is 3.49. The van der Waals surface area contributed by atoms with Crippen molar-refractivity contribution < 1.29 is 14.6 Å². The normalized spacial score (nSPS) is 37.3. The first kappa shape index (κ1) is 10.9. The molecule has 0 bridgehead atoms. The minimum Gasteiger partial charge on any atom is -0.481 e. The molecule has 0 radical (unpaired) electrons. The monoisotopic (exact) mass is 213 g/mol. The van der Waals surface area contributed by atoms with Gasteiger partial charge in [-0.1, -0.05) is 6.92 Å². The Balaban J connectivity index is 1.82. The Hall–Kier alpha value is -0.610. The quantitative estimate of drug-likeness (QED) is 0.754. The van der Waals surface area contributed by atoms with Gasteiger partial charge in [0.1, 0.15) is 0 Å². The van der Waals surface area contributed by atoms with Crippen LogP contribution in [0.3, 0.4) is 0 Å². The van der Waals surface area contributed by atoms with Crippen molar-refractivity contribution in [2.75, 3.05) is 26.2 Å². The van der Waals surface area contributed by atoms with Gasteiger partial charge >= 0.3 is 5.97 Å². The summed E-state index contributed by atoms with van der Waals surface area (Å²) >= 11 is 0. The van der Waals surface area contributed by atoms with Gasteiger partial charge < -0.3 is 9.84 Å². The predicted molar refractivity (Wildman–Crippen MR) is 55.7 cm³/mol. The van der Waals surface area contributed by atoms with Gasteiger partial charge in [0.25, 0.3) is 0 Å². The summed E-state index contributed by atoms with van der Waals surface area (Å²) in [6.45, 7) is 5.39. The number of aliphatic carboxylic acids is 1. The molecule has 0 amide bonds. The van der Waals surface area contributed by atoms with Crippen molar-refractivity contribution in [3.8, 4) is 0 Å². The topological polar surface area (TPSA) is 49.8 Å². The van der Waals surface area contributed by atoms with Crippen LogP contribution in [0.25, 0.3) is 0 Å². The Morgan fingerprint density at radius 2 is 2.33 bits per heavy atom. The Morgan fingerprint density at radius 1 is 1.53 bits per heavy atom. The van der Waals surface area contributed by atoms with Crippen molar-refractivity contribution in [3.63, 3.8) is 0 Å². The van der Waals surface area contributed by atoms with E-state index in [2.05, 4.69) is 4.90 Å². The average molecular weight is 213 g/mol. The highest BCUT2D eigenvalue weighted by atomic mass is 16.5. The molecule has 0 aromatic heterocycles. The highest BCUT2D eigenvalue weighted by Gasteiger charge is 2.35. The molecule has 2 fully saturated rings. The van der Waals surface area contributed by atoms with Crippen LogP contribution in [0, 0.1) is 11.8 Å². The average Bonchev–Trinajstić information content (AvgIpc) is 2.75. The number of carboxylic acids is 1. The first-order valence-corrected chi connectivity index (χ1v) is 5.73. The number of carbonyl (C=O) groups is 1. The van der Waals surface area contributed by atoms with Gasteiger partial charge in [-0.2, -0.15) is 0 Å². The van der Waals surface area contributed by atoms with E-state index >= 15 is 0 Å². The molecule has 0 saturated carbocycles. The highest BCUT2D eigenvalue weighted by molar-refractivity contribution is 5.71. The second-order valence-electron chi connectivity index (χ2n) is 4.78. The zero-order valence-corrected chi connectivity index (χ0v) is 9.19. The van der Waals surface area contributed by atoms with Crippen LogP contribution in [0.2, 0.25) is 0 Å². The SMILES string of the molecule is C[C@@H]1CN(CC2CCCO2)C[C@H]1C(=O)O. The molecular weight excluding hydrogens is 194 g/mol. The van der Waals surface area contributed by atoms with Gasteiger partial charge in [0.15, 0.2) is 0 Å². The number of nitrogens with zero attached hydrogens (tertiary/aromatic N) is 1. The van der Waals surface area contributed by atoms with Gasteiger partial charge in [-0.15, -0.1) is 0 Å². The van der Waals surface area contributed by atoms with Crippen molar-refractivity contribution in [2.24, 2.45) is 11.8 Å². The zero-order chi connectivity index (χ0) is 10.8. The van der Waals surface area contributed by atoms with E-state index in [1.165, 1.54) is 0 Å². The molecule has 1 N–H and O–H groups in total.